The van der Waals surface area contributed by atoms with E-state index >= 15 is 0 Å². The van der Waals surface area contributed by atoms with E-state index in [-0.39, 0.29) is 23.1 Å². The molecule has 130 valence electrons. The van der Waals surface area contributed by atoms with Crippen LogP contribution in [0.1, 0.15) is 36.2 Å². The maximum absolute atomic E-state index is 12.9. The molecule has 0 aliphatic heterocycles. The van der Waals surface area contributed by atoms with Crippen molar-refractivity contribution in [2.75, 3.05) is 0 Å². The number of sulfonamides is 1. The number of halogens is 1. The molecule has 1 atom stereocenters. The lowest BCUT2D eigenvalue weighted by atomic mass is 9.98. The van der Waals surface area contributed by atoms with Gasteiger partial charge in [0.15, 0.2) is 0 Å². The largest absolute Gasteiger partial charge is 0.274 e. The van der Waals surface area contributed by atoms with Gasteiger partial charge in [-0.05, 0) is 37.5 Å². The number of hydrogen-bond donors (Lipinski definition) is 1. The number of nitrogens with zero attached hydrogens (tertiary/aromatic N) is 2. The summed E-state index contributed by atoms with van der Waals surface area (Å²) in [5.41, 5.74) is 1.55. The summed E-state index contributed by atoms with van der Waals surface area (Å²) >= 11 is 0. The van der Waals surface area contributed by atoms with E-state index in [2.05, 4.69) is 9.82 Å². The van der Waals surface area contributed by atoms with Crippen molar-refractivity contribution in [3.8, 4) is 0 Å². The Hall–Kier alpha value is -2.22. The minimum Gasteiger partial charge on any atom is -0.274 e. The fourth-order valence-corrected chi connectivity index (χ4v) is 4.01. The van der Waals surface area contributed by atoms with E-state index in [9.17, 15) is 17.6 Å². The highest BCUT2D eigenvalue weighted by Gasteiger charge is 2.26. The summed E-state index contributed by atoms with van der Waals surface area (Å²) in [7, 11) is -2.34. The van der Waals surface area contributed by atoms with E-state index in [1.54, 1.807) is 40.0 Å². The van der Waals surface area contributed by atoms with Gasteiger partial charge in [0.2, 0.25) is 5.91 Å². The summed E-state index contributed by atoms with van der Waals surface area (Å²) in [6.45, 7) is 4.98. The molecule has 0 fully saturated rings. The Balaban J connectivity index is 2.12. The van der Waals surface area contributed by atoms with Crippen LogP contribution in [0.3, 0.4) is 0 Å². The van der Waals surface area contributed by atoms with Crippen molar-refractivity contribution in [1.82, 2.24) is 14.5 Å². The number of carbonyl (C=O) groups is 1. The van der Waals surface area contributed by atoms with Crippen molar-refractivity contribution in [3.63, 3.8) is 0 Å². The first kappa shape index (κ1) is 18.1. The van der Waals surface area contributed by atoms with Gasteiger partial charge in [0.1, 0.15) is 10.7 Å². The third kappa shape index (κ3) is 3.81. The maximum atomic E-state index is 12.9. The predicted molar refractivity (Wildman–Crippen MR) is 87.4 cm³/mol. The molecular weight excluding hydrogens is 333 g/mol. The van der Waals surface area contributed by atoms with E-state index in [4.69, 9.17) is 0 Å². The highest BCUT2D eigenvalue weighted by atomic mass is 32.2. The Morgan fingerprint density at radius 1 is 1.29 bits per heavy atom. The molecule has 2 rings (SSSR count). The van der Waals surface area contributed by atoms with Gasteiger partial charge in [0.05, 0.1) is 11.4 Å². The third-order valence-corrected chi connectivity index (χ3v) is 5.51. The zero-order valence-corrected chi connectivity index (χ0v) is 14.8. The summed E-state index contributed by atoms with van der Waals surface area (Å²) in [6, 6.07) is 5.78. The average Bonchev–Trinajstić information content (AvgIpc) is 2.72. The van der Waals surface area contributed by atoms with Crippen LogP contribution in [0, 0.1) is 19.7 Å². The monoisotopic (exact) mass is 353 g/mol. The molecule has 2 aromatic rings. The quantitative estimate of drug-likeness (QED) is 0.893. The molecule has 24 heavy (non-hydrogen) atoms. The molecule has 1 N–H and O–H groups in total. The fourth-order valence-electron chi connectivity index (χ4n) is 2.57. The summed E-state index contributed by atoms with van der Waals surface area (Å²) in [4.78, 5) is 12.1. The molecule has 1 aromatic carbocycles. The molecule has 1 amide bonds. The number of hydrogen-bond acceptors (Lipinski definition) is 4. The van der Waals surface area contributed by atoms with Crippen LogP contribution >= 0.6 is 0 Å². The van der Waals surface area contributed by atoms with Gasteiger partial charge in [0.25, 0.3) is 10.0 Å². The Kier molecular flexibility index (Phi) is 5.08. The summed E-state index contributed by atoms with van der Waals surface area (Å²) in [6.07, 6.45) is -0.0246. The molecule has 1 heterocycles. The Morgan fingerprint density at radius 3 is 2.38 bits per heavy atom. The molecular formula is C16H20FN3O3S. The van der Waals surface area contributed by atoms with Gasteiger partial charge in [-0.3, -0.25) is 9.48 Å². The van der Waals surface area contributed by atoms with E-state index in [1.165, 1.54) is 16.8 Å². The summed E-state index contributed by atoms with van der Waals surface area (Å²) in [5, 5.41) is 4.05. The van der Waals surface area contributed by atoms with Gasteiger partial charge in [-0.2, -0.15) is 5.10 Å². The minimum absolute atomic E-state index is 0.0211. The molecule has 1 aromatic heterocycles. The highest BCUT2D eigenvalue weighted by molar-refractivity contribution is 7.90. The van der Waals surface area contributed by atoms with Crippen molar-refractivity contribution < 1.29 is 17.6 Å². The molecule has 0 bridgehead atoms. The van der Waals surface area contributed by atoms with Crippen LogP contribution in [0.15, 0.2) is 29.2 Å². The molecule has 0 aliphatic carbocycles. The molecule has 8 heteroatoms. The second-order valence-electron chi connectivity index (χ2n) is 5.81. The lowest BCUT2D eigenvalue weighted by Crippen LogP contribution is -2.32. The third-order valence-electron chi connectivity index (χ3n) is 3.89. The lowest BCUT2D eigenvalue weighted by Gasteiger charge is -2.12. The van der Waals surface area contributed by atoms with Crippen molar-refractivity contribution >= 4 is 15.9 Å². The smallest absolute Gasteiger partial charge is 0.267 e. The first-order chi connectivity index (χ1) is 11.1. The van der Waals surface area contributed by atoms with Crippen LogP contribution in [0.2, 0.25) is 0 Å². The number of rotatable bonds is 5. The number of aryl methyl sites for hydroxylation is 2. The Morgan fingerprint density at radius 2 is 1.88 bits per heavy atom. The number of nitrogens with one attached hydrogen (secondary N) is 1. The first-order valence-electron chi connectivity index (χ1n) is 7.43. The molecule has 0 aliphatic rings. The standard InChI is InChI=1S/C16H20FN3O3S/c1-10(13-5-7-14(17)8-6-13)9-15(21)19-24(22,23)16-11(2)18-20(4)12(16)3/h5-8,10H,9H2,1-4H3,(H,19,21). The molecule has 0 saturated carbocycles. The minimum atomic E-state index is -3.98. The molecule has 0 saturated heterocycles. The summed E-state index contributed by atoms with van der Waals surface area (Å²) in [5.74, 6) is -1.22. The van der Waals surface area contributed by atoms with Gasteiger partial charge in [-0.1, -0.05) is 19.1 Å². The number of carbonyl (C=O) groups excluding carboxylic acids is 1. The van der Waals surface area contributed by atoms with Crippen molar-refractivity contribution in [2.24, 2.45) is 7.05 Å². The maximum Gasteiger partial charge on any atom is 0.267 e. The second kappa shape index (κ2) is 6.72. The average molecular weight is 353 g/mol. The van der Waals surface area contributed by atoms with Gasteiger partial charge in [-0.25, -0.2) is 17.5 Å². The van der Waals surface area contributed by atoms with Crippen molar-refractivity contribution in [1.29, 1.82) is 0 Å². The summed E-state index contributed by atoms with van der Waals surface area (Å²) < 4.78 is 41.3. The van der Waals surface area contributed by atoms with Crippen LogP contribution in [-0.2, 0) is 21.9 Å². The Bertz CT molecular complexity index is 857. The van der Waals surface area contributed by atoms with E-state index in [0.717, 1.165) is 5.56 Å². The lowest BCUT2D eigenvalue weighted by molar-refractivity contribution is -0.119. The topological polar surface area (TPSA) is 81.1 Å². The van der Waals surface area contributed by atoms with Gasteiger partial charge in [0, 0.05) is 13.5 Å². The number of benzene rings is 1. The van der Waals surface area contributed by atoms with Gasteiger partial charge >= 0.3 is 0 Å². The van der Waals surface area contributed by atoms with E-state index in [0.29, 0.717) is 11.4 Å². The second-order valence-corrected chi connectivity index (χ2v) is 7.43. The zero-order valence-electron chi connectivity index (χ0n) is 14.0. The fraction of sp³-hybridized carbons (Fsp3) is 0.375. The normalized spacial score (nSPS) is 12.9. The molecule has 6 nitrogen and oxygen atoms in total. The first-order valence-corrected chi connectivity index (χ1v) is 8.91. The van der Waals surface area contributed by atoms with E-state index < -0.39 is 15.9 Å². The SMILES string of the molecule is Cc1nn(C)c(C)c1S(=O)(=O)NC(=O)CC(C)c1ccc(F)cc1. The van der Waals surface area contributed by atoms with Crippen LogP contribution in [0.25, 0.3) is 0 Å². The van der Waals surface area contributed by atoms with E-state index in [1.807, 2.05) is 0 Å². The van der Waals surface area contributed by atoms with Crippen LogP contribution < -0.4 is 4.72 Å². The highest BCUT2D eigenvalue weighted by Crippen LogP contribution is 2.21. The predicted octanol–water partition coefficient (Wildman–Crippen LogP) is 2.17. The molecule has 0 spiro atoms. The van der Waals surface area contributed by atoms with Crippen molar-refractivity contribution in [2.45, 2.75) is 38.0 Å². The Labute approximate surface area is 140 Å². The van der Waals surface area contributed by atoms with Crippen LogP contribution in [-0.4, -0.2) is 24.1 Å². The van der Waals surface area contributed by atoms with Crippen LogP contribution in [0.5, 0.6) is 0 Å². The van der Waals surface area contributed by atoms with Gasteiger partial charge < -0.3 is 0 Å². The van der Waals surface area contributed by atoms with Crippen LogP contribution in [0.4, 0.5) is 4.39 Å². The zero-order chi connectivity index (χ0) is 18.1. The van der Waals surface area contributed by atoms with Crippen molar-refractivity contribution in [3.05, 3.63) is 47.0 Å². The molecule has 0 radical (unpaired) electrons. The molecule has 1 unspecified atom stereocenters. The number of amides is 1. The number of aromatic nitrogens is 2. The van der Waals surface area contributed by atoms with Gasteiger partial charge in [-0.15, -0.1) is 0 Å².